The van der Waals surface area contributed by atoms with E-state index in [9.17, 15) is 19.2 Å². The van der Waals surface area contributed by atoms with Crippen molar-refractivity contribution in [2.45, 2.75) is 106 Å². The maximum absolute atomic E-state index is 14.4. The summed E-state index contributed by atoms with van der Waals surface area (Å²) in [5.74, 6) is 0.133. The molecule has 0 spiro atoms. The van der Waals surface area contributed by atoms with E-state index in [4.69, 9.17) is 18.9 Å². The van der Waals surface area contributed by atoms with Gasteiger partial charge in [0.15, 0.2) is 11.6 Å². The summed E-state index contributed by atoms with van der Waals surface area (Å²) in [4.78, 5) is 55.8. The summed E-state index contributed by atoms with van der Waals surface area (Å²) in [6.45, 7) is 20.2. The summed E-state index contributed by atoms with van der Waals surface area (Å²) in [6.07, 6.45) is 2.98. The van der Waals surface area contributed by atoms with Gasteiger partial charge in [-0.2, -0.15) is 0 Å². The van der Waals surface area contributed by atoms with E-state index in [0.29, 0.717) is 90.1 Å². The first-order chi connectivity index (χ1) is 29.4. The van der Waals surface area contributed by atoms with Crippen LogP contribution in [0.5, 0.6) is 23.0 Å². The Morgan fingerprint density at radius 1 is 0.452 bits per heavy atom. The van der Waals surface area contributed by atoms with Crippen LogP contribution in [0.3, 0.4) is 0 Å². The van der Waals surface area contributed by atoms with Crippen molar-refractivity contribution < 1.29 is 38.1 Å². The summed E-state index contributed by atoms with van der Waals surface area (Å²) < 4.78 is 25.4. The maximum Gasteiger partial charge on any atom is 0.338 e. The minimum Gasteiger partial charge on any atom is -0.462 e. The number of ketones is 2. The molecule has 0 aliphatic rings. The molecule has 8 nitrogen and oxygen atoms in total. The molecule has 0 bridgehead atoms. The van der Waals surface area contributed by atoms with E-state index in [2.05, 4.69) is 41.5 Å². The summed E-state index contributed by atoms with van der Waals surface area (Å²) in [5.41, 5.74) is 3.09. The smallest absolute Gasteiger partial charge is 0.338 e. The van der Waals surface area contributed by atoms with Crippen LogP contribution in [0, 0.1) is 0 Å². The van der Waals surface area contributed by atoms with Gasteiger partial charge in [-0.3, -0.25) is 9.59 Å². The average molecular weight is 833 g/mol. The molecule has 0 saturated carbocycles. The molecular formula is C54H56O8. The first kappa shape index (κ1) is 43.8. The number of hydrogen-bond donors (Lipinski definition) is 0. The van der Waals surface area contributed by atoms with Crippen LogP contribution < -0.4 is 9.47 Å². The molecule has 0 aliphatic carbocycles. The van der Waals surface area contributed by atoms with Crippen molar-refractivity contribution in [2.24, 2.45) is 0 Å². The van der Waals surface area contributed by atoms with Crippen LogP contribution in [0.15, 0.2) is 84.9 Å². The minimum atomic E-state index is -0.608. The van der Waals surface area contributed by atoms with E-state index in [1.807, 2.05) is 74.5 Å². The Morgan fingerprint density at radius 2 is 0.839 bits per heavy atom. The van der Waals surface area contributed by atoms with Crippen LogP contribution in [-0.4, -0.2) is 36.7 Å². The topological polar surface area (TPSA) is 105 Å². The van der Waals surface area contributed by atoms with Crippen molar-refractivity contribution in [3.63, 3.8) is 0 Å². The lowest BCUT2D eigenvalue weighted by Gasteiger charge is -2.24. The Morgan fingerprint density at radius 3 is 1.24 bits per heavy atom. The van der Waals surface area contributed by atoms with Gasteiger partial charge in [0.05, 0.1) is 24.3 Å². The third-order valence-corrected chi connectivity index (χ3v) is 11.6. The predicted molar refractivity (Wildman–Crippen MR) is 248 cm³/mol. The van der Waals surface area contributed by atoms with Crippen LogP contribution in [0.2, 0.25) is 0 Å². The SMILES string of the molecule is CCCCOC(=O)c1ccc2c3c(Oc4ccc(C(C)(C)C)cc4)cc(C(C)=O)c4c(C(C)=O)ccc(c5c(Oc6ccc(C(C)(C)C)cc6)cc(C(=O)OCCCC)c1c25)c43. The van der Waals surface area contributed by atoms with Crippen LogP contribution >= 0.6 is 0 Å². The standard InChI is InChI=1S/C54H56O8/c1-11-13-27-59-51(57)40-26-25-39-47-43(61-35-19-15-33(16-20-35)53(5,6)7)29-41(32(4)56)45-37(31(3)55)23-24-38(49(45)47)48-44(62-36-21-17-34(18-22-36)54(8,9)10)30-42(46(40)50(39)48)52(58)60-28-14-12-2/h15-26,29-30H,11-14,27-28H2,1-10H3. The Kier molecular flexibility index (Phi) is 12.2. The first-order valence-electron chi connectivity index (χ1n) is 21.7. The summed E-state index contributed by atoms with van der Waals surface area (Å²) >= 11 is 0. The monoisotopic (exact) mass is 832 g/mol. The van der Waals surface area contributed by atoms with Crippen molar-refractivity contribution in [3.05, 3.63) is 118 Å². The molecule has 320 valence electrons. The van der Waals surface area contributed by atoms with Gasteiger partial charge in [-0.25, -0.2) is 9.59 Å². The molecule has 0 N–H and O–H groups in total. The van der Waals surface area contributed by atoms with E-state index in [1.54, 1.807) is 24.3 Å². The van der Waals surface area contributed by atoms with Gasteiger partial charge < -0.3 is 18.9 Å². The lowest BCUT2D eigenvalue weighted by atomic mass is 9.82. The van der Waals surface area contributed by atoms with Crippen molar-refractivity contribution in [3.8, 4) is 23.0 Å². The zero-order chi connectivity index (χ0) is 44.7. The van der Waals surface area contributed by atoms with Gasteiger partial charge in [-0.05, 0) is 102 Å². The summed E-state index contributed by atoms with van der Waals surface area (Å²) in [5, 5.41) is 4.43. The van der Waals surface area contributed by atoms with Gasteiger partial charge in [-0.1, -0.05) is 111 Å². The third-order valence-electron chi connectivity index (χ3n) is 11.6. The molecule has 7 aromatic rings. The van der Waals surface area contributed by atoms with E-state index in [1.165, 1.54) is 13.8 Å². The molecule has 7 aromatic carbocycles. The average Bonchev–Trinajstić information content (AvgIpc) is 3.22. The molecule has 0 fully saturated rings. The highest BCUT2D eigenvalue weighted by Gasteiger charge is 2.30. The van der Waals surface area contributed by atoms with Gasteiger partial charge in [0, 0.05) is 43.4 Å². The highest BCUT2D eigenvalue weighted by atomic mass is 16.5. The van der Waals surface area contributed by atoms with Crippen molar-refractivity contribution in [1.82, 2.24) is 0 Å². The molecule has 0 saturated heterocycles. The Bertz CT molecular complexity index is 2850. The molecular weight excluding hydrogens is 777 g/mol. The zero-order valence-corrected chi connectivity index (χ0v) is 37.6. The van der Waals surface area contributed by atoms with Crippen molar-refractivity contribution >= 4 is 66.6 Å². The Balaban J connectivity index is 1.66. The summed E-state index contributed by atoms with van der Waals surface area (Å²) in [7, 11) is 0. The number of unbranched alkanes of at least 4 members (excludes halogenated alkanes) is 2. The van der Waals surface area contributed by atoms with Gasteiger partial charge in [-0.15, -0.1) is 0 Å². The predicted octanol–water partition coefficient (Wildman–Crippen LogP) is 14.2. The van der Waals surface area contributed by atoms with Crippen molar-refractivity contribution in [1.29, 1.82) is 0 Å². The van der Waals surface area contributed by atoms with E-state index in [-0.39, 0.29) is 46.7 Å². The molecule has 0 amide bonds. The fourth-order valence-corrected chi connectivity index (χ4v) is 8.17. The molecule has 0 unspecified atom stereocenters. The Labute approximate surface area is 363 Å². The quantitative estimate of drug-likeness (QED) is 0.0351. The van der Waals surface area contributed by atoms with Crippen LogP contribution in [0.1, 0.15) is 147 Å². The largest absolute Gasteiger partial charge is 0.462 e. The van der Waals surface area contributed by atoms with E-state index >= 15 is 0 Å². The highest BCUT2D eigenvalue weighted by molar-refractivity contribution is 6.40. The third kappa shape index (κ3) is 8.35. The van der Waals surface area contributed by atoms with Gasteiger partial charge in [0.25, 0.3) is 0 Å². The molecule has 0 aliphatic heterocycles. The van der Waals surface area contributed by atoms with Crippen LogP contribution in [-0.2, 0) is 20.3 Å². The normalized spacial score (nSPS) is 12.0. The molecule has 7 rings (SSSR count). The molecule has 0 radical (unpaired) electrons. The lowest BCUT2D eigenvalue weighted by molar-refractivity contribution is 0.0500. The summed E-state index contributed by atoms with van der Waals surface area (Å²) in [6, 6.07) is 26.1. The molecule has 0 heterocycles. The van der Waals surface area contributed by atoms with Gasteiger partial charge in [0.1, 0.15) is 23.0 Å². The van der Waals surface area contributed by atoms with E-state index in [0.717, 1.165) is 24.0 Å². The number of benzene rings is 7. The fraction of sp³-hybridized carbons (Fsp3) is 0.333. The second kappa shape index (κ2) is 17.2. The second-order valence-electron chi connectivity index (χ2n) is 18.3. The second-order valence-corrected chi connectivity index (χ2v) is 18.3. The van der Waals surface area contributed by atoms with Gasteiger partial charge in [0.2, 0.25) is 0 Å². The number of fused-ring (bicyclic) bond motifs is 2. The zero-order valence-electron chi connectivity index (χ0n) is 37.6. The molecule has 62 heavy (non-hydrogen) atoms. The maximum atomic E-state index is 14.4. The minimum absolute atomic E-state index is 0.0914. The molecule has 0 atom stereocenters. The van der Waals surface area contributed by atoms with Crippen LogP contribution in [0.4, 0.5) is 0 Å². The number of Topliss-reactive ketones (excluding diaryl/α,β-unsaturated/α-hetero) is 2. The number of carbonyl (C=O) groups excluding carboxylic acids is 4. The van der Waals surface area contributed by atoms with Crippen LogP contribution in [0.25, 0.3) is 43.1 Å². The van der Waals surface area contributed by atoms with Gasteiger partial charge >= 0.3 is 11.9 Å². The first-order valence-corrected chi connectivity index (χ1v) is 21.7. The fourth-order valence-electron chi connectivity index (χ4n) is 8.17. The number of ether oxygens (including phenoxy) is 4. The van der Waals surface area contributed by atoms with E-state index < -0.39 is 11.9 Å². The highest BCUT2D eigenvalue weighted by Crippen LogP contribution is 2.51. The number of hydrogen-bond acceptors (Lipinski definition) is 8. The molecule has 8 heteroatoms. The number of rotatable bonds is 14. The number of esters is 2. The lowest BCUT2D eigenvalue weighted by Crippen LogP contribution is -2.13. The molecule has 0 aromatic heterocycles. The Hall–Kier alpha value is -6.28. The number of carbonyl (C=O) groups is 4. The van der Waals surface area contributed by atoms with Crippen molar-refractivity contribution in [2.75, 3.05) is 13.2 Å².